The van der Waals surface area contributed by atoms with E-state index in [9.17, 15) is 9.59 Å². The highest BCUT2D eigenvalue weighted by Crippen LogP contribution is 2.10. The minimum absolute atomic E-state index is 0.0498. The third kappa shape index (κ3) is 8.91. The van der Waals surface area contributed by atoms with Gasteiger partial charge in [-0.05, 0) is 58.7 Å². The van der Waals surface area contributed by atoms with Gasteiger partial charge in [-0.15, -0.1) is 0 Å². The topological polar surface area (TPSA) is 70.7 Å². The quantitative estimate of drug-likeness (QED) is 0.733. The lowest BCUT2D eigenvalue weighted by molar-refractivity contribution is -0.121. The van der Waals surface area contributed by atoms with Crippen LogP contribution in [-0.2, 0) is 16.0 Å². The zero-order valence-corrected chi connectivity index (χ0v) is 16.8. The molecule has 0 radical (unpaired) electrons. The third-order valence-corrected chi connectivity index (χ3v) is 4.43. The first kappa shape index (κ1) is 21.2. The molecule has 1 saturated heterocycles. The molecule has 2 amide bonds. The SMILES string of the molecule is CC(C)(C)OC(=O)N[C@H](CC(=O)NCCN1CCCC1)Cc1ccccc1. The van der Waals surface area contributed by atoms with Crippen LogP contribution in [0.1, 0.15) is 45.6 Å². The summed E-state index contributed by atoms with van der Waals surface area (Å²) in [5, 5.41) is 5.83. The van der Waals surface area contributed by atoms with Gasteiger partial charge in [-0.25, -0.2) is 4.79 Å². The second-order valence-electron chi connectivity index (χ2n) is 8.14. The van der Waals surface area contributed by atoms with Gasteiger partial charge in [0.05, 0.1) is 0 Å². The number of hydrogen-bond donors (Lipinski definition) is 2. The maximum Gasteiger partial charge on any atom is 0.407 e. The molecule has 1 heterocycles. The van der Waals surface area contributed by atoms with Crippen LogP contribution in [0.25, 0.3) is 0 Å². The Kier molecular flexibility index (Phi) is 8.10. The number of nitrogens with one attached hydrogen (secondary N) is 2. The Morgan fingerprint density at radius 1 is 1.15 bits per heavy atom. The van der Waals surface area contributed by atoms with E-state index in [1.165, 1.54) is 12.8 Å². The Bertz CT molecular complexity index is 592. The fourth-order valence-electron chi connectivity index (χ4n) is 3.20. The largest absolute Gasteiger partial charge is 0.444 e. The van der Waals surface area contributed by atoms with Crippen LogP contribution in [0.5, 0.6) is 0 Å². The molecule has 0 aromatic heterocycles. The predicted molar refractivity (Wildman–Crippen MR) is 107 cm³/mol. The second kappa shape index (κ2) is 10.3. The summed E-state index contributed by atoms with van der Waals surface area (Å²) in [5.41, 5.74) is 0.503. The first-order chi connectivity index (χ1) is 12.8. The smallest absolute Gasteiger partial charge is 0.407 e. The molecule has 1 aromatic rings. The van der Waals surface area contributed by atoms with Crippen LogP contribution < -0.4 is 10.6 Å². The molecule has 150 valence electrons. The molecule has 1 aliphatic rings. The lowest BCUT2D eigenvalue weighted by Gasteiger charge is -2.24. The zero-order chi connectivity index (χ0) is 19.7. The Labute approximate surface area is 162 Å². The van der Waals surface area contributed by atoms with Crippen molar-refractivity contribution in [2.75, 3.05) is 26.2 Å². The highest BCUT2D eigenvalue weighted by Gasteiger charge is 2.22. The molecule has 6 heteroatoms. The lowest BCUT2D eigenvalue weighted by Crippen LogP contribution is -2.43. The monoisotopic (exact) mass is 375 g/mol. The third-order valence-electron chi connectivity index (χ3n) is 4.43. The van der Waals surface area contributed by atoms with Gasteiger partial charge >= 0.3 is 6.09 Å². The van der Waals surface area contributed by atoms with Crippen molar-refractivity contribution >= 4 is 12.0 Å². The van der Waals surface area contributed by atoms with Gasteiger partial charge < -0.3 is 20.3 Å². The maximum absolute atomic E-state index is 12.4. The van der Waals surface area contributed by atoms with Crippen molar-refractivity contribution in [3.8, 4) is 0 Å². The second-order valence-corrected chi connectivity index (χ2v) is 8.14. The summed E-state index contributed by atoms with van der Waals surface area (Å²) in [7, 11) is 0. The predicted octanol–water partition coefficient (Wildman–Crippen LogP) is 2.72. The summed E-state index contributed by atoms with van der Waals surface area (Å²) in [6.45, 7) is 9.23. The van der Waals surface area contributed by atoms with Gasteiger partial charge in [-0.3, -0.25) is 4.79 Å². The highest BCUT2D eigenvalue weighted by molar-refractivity contribution is 5.77. The summed E-state index contributed by atoms with van der Waals surface area (Å²) >= 11 is 0. The van der Waals surface area contributed by atoms with Crippen LogP contribution in [0.15, 0.2) is 30.3 Å². The van der Waals surface area contributed by atoms with Gasteiger partial charge in [0, 0.05) is 25.6 Å². The van der Waals surface area contributed by atoms with Crippen LogP contribution in [0, 0.1) is 0 Å². The molecular weight excluding hydrogens is 342 g/mol. The Balaban J connectivity index is 1.85. The van der Waals surface area contributed by atoms with E-state index in [-0.39, 0.29) is 18.4 Å². The number of benzene rings is 1. The fraction of sp³-hybridized carbons (Fsp3) is 0.619. The summed E-state index contributed by atoms with van der Waals surface area (Å²) < 4.78 is 5.35. The molecule has 2 N–H and O–H groups in total. The van der Waals surface area contributed by atoms with Crippen LogP contribution in [-0.4, -0.2) is 54.7 Å². The van der Waals surface area contributed by atoms with Crippen molar-refractivity contribution in [3.05, 3.63) is 35.9 Å². The van der Waals surface area contributed by atoms with Crippen molar-refractivity contribution in [3.63, 3.8) is 0 Å². The molecule has 1 aliphatic heterocycles. The zero-order valence-electron chi connectivity index (χ0n) is 16.8. The lowest BCUT2D eigenvalue weighted by atomic mass is 10.0. The molecule has 1 aromatic carbocycles. The Hall–Kier alpha value is -2.08. The number of hydrogen-bond acceptors (Lipinski definition) is 4. The van der Waals surface area contributed by atoms with Crippen LogP contribution in [0.2, 0.25) is 0 Å². The molecule has 2 rings (SSSR count). The number of nitrogens with zero attached hydrogens (tertiary/aromatic N) is 1. The summed E-state index contributed by atoms with van der Waals surface area (Å²) in [5.74, 6) is -0.0498. The first-order valence-electron chi connectivity index (χ1n) is 9.84. The van der Waals surface area contributed by atoms with Gasteiger partial charge in [-0.1, -0.05) is 30.3 Å². The number of alkyl carbamates (subject to hydrolysis) is 1. The van der Waals surface area contributed by atoms with Gasteiger partial charge in [0.1, 0.15) is 5.60 Å². The van der Waals surface area contributed by atoms with Crippen LogP contribution >= 0.6 is 0 Å². The van der Waals surface area contributed by atoms with E-state index in [1.807, 2.05) is 51.1 Å². The van der Waals surface area contributed by atoms with E-state index >= 15 is 0 Å². The van der Waals surface area contributed by atoms with Gasteiger partial charge in [-0.2, -0.15) is 0 Å². The van der Waals surface area contributed by atoms with Crippen LogP contribution in [0.4, 0.5) is 4.79 Å². The summed E-state index contributed by atoms with van der Waals surface area (Å²) in [6, 6.07) is 9.54. The number of carbonyl (C=O) groups is 2. The van der Waals surface area contributed by atoms with E-state index < -0.39 is 11.7 Å². The van der Waals surface area contributed by atoms with Gasteiger partial charge in [0.15, 0.2) is 0 Å². The average Bonchev–Trinajstić information content (AvgIpc) is 3.07. The first-order valence-corrected chi connectivity index (χ1v) is 9.84. The van der Waals surface area contributed by atoms with E-state index in [0.29, 0.717) is 13.0 Å². The molecule has 0 unspecified atom stereocenters. The van der Waals surface area contributed by atoms with Crippen molar-refractivity contribution < 1.29 is 14.3 Å². The van der Waals surface area contributed by atoms with Crippen molar-refractivity contribution in [1.82, 2.24) is 15.5 Å². The van der Waals surface area contributed by atoms with Crippen molar-refractivity contribution in [2.45, 2.75) is 58.1 Å². The molecular formula is C21H33N3O3. The van der Waals surface area contributed by atoms with Gasteiger partial charge in [0.2, 0.25) is 5.91 Å². The van der Waals surface area contributed by atoms with E-state index in [0.717, 1.165) is 25.2 Å². The minimum atomic E-state index is -0.570. The maximum atomic E-state index is 12.4. The molecule has 1 fully saturated rings. The Morgan fingerprint density at radius 2 is 1.81 bits per heavy atom. The normalized spacial score (nSPS) is 16.0. The van der Waals surface area contributed by atoms with E-state index in [2.05, 4.69) is 15.5 Å². The van der Waals surface area contributed by atoms with Crippen molar-refractivity contribution in [2.24, 2.45) is 0 Å². The van der Waals surface area contributed by atoms with Crippen LogP contribution in [0.3, 0.4) is 0 Å². The Morgan fingerprint density at radius 3 is 2.44 bits per heavy atom. The molecule has 0 spiro atoms. The van der Waals surface area contributed by atoms with Crippen molar-refractivity contribution in [1.29, 1.82) is 0 Å². The fourth-order valence-corrected chi connectivity index (χ4v) is 3.20. The number of rotatable bonds is 8. The molecule has 27 heavy (non-hydrogen) atoms. The molecule has 1 atom stereocenters. The summed E-state index contributed by atoms with van der Waals surface area (Å²) in [6.07, 6.45) is 2.81. The standard InChI is InChI=1S/C21H33N3O3/c1-21(2,3)27-20(26)23-18(15-17-9-5-4-6-10-17)16-19(25)22-11-14-24-12-7-8-13-24/h4-6,9-10,18H,7-8,11-16H2,1-3H3,(H,22,25)(H,23,26)/t18-/m0/s1. The van der Waals surface area contributed by atoms with E-state index in [1.54, 1.807) is 0 Å². The molecule has 0 bridgehead atoms. The molecule has 0 aliphatic carbocycles. The molecule has 0 saturated carbocycles. The summed E-state index contributed by atoms with van der Waals surface area (Å²) in [4.78, 5) is 26.9. The molecule has 6 nitrogen and oxygen atoms in total. The minimum Gasteiger partial charge on any atom is -0.444 e. The number of likely N-dealkylation sites (tertiary alicyclic amines) is 1. The van der Waals surface area contributed by atoms with Gasteiger partial charge in [0.25, 0.3) is 0 Å². The average molecular weight is 376 g/mol. The highest BCUT2D eigenvalue weighted by atomic mass is 16.6. The van der Waals surface area contributed by atoms with E-state index in [4.69, 9.17) is 4.74 Å². The number of amides is 2. The number of ether oxygens (including phenoxy) is 1. The number of carbonyl (C=O) groups excluding carboxylic acids is 2.